The van der Waals surface area contributed by atoms with Gasteiger partial charge in [0.25, 0.3) is 0 Å². The second kappa shape index (κ2) is 5.24. The number of H-pyrrole nitrogens is 1. The lowest BCUT2D eigenvalue weighted by Gasteiger charge is -2.23. The zero-order chi connectivity index (χ0) is 15.0. The number of hydrogen-bond acceptors (Lipinski definition) is 6. The fraction of sp³-hybridized carbons (Fsp3) is 0.700. The molecular weight excluding hydrogens is 304 g/mol. The van der Waals surface area contributed by atoms with Gasteiger partial charge in [0, 0.05) is 7.05 Å². The molecule has 1 aliphatic rings. The van der Waals surface area contributed by atoms with Gasteiger partial charge in [-0.1, -0.05) is 11.8 Å². The maximum Gasteiger partial charge on any atom is 0.343 e. The lowest BCUT2D eigenvalue weighted by atomic mass is 10.0. The van der Waals surface area contributed by atoms with Gasteiger partial charge in [0.15, 0.2) is 15.0 Å². The molecule has 0 bridgehead atoms. The molecule has 10 heteroatoms. The zero-order valence-electron chi connectivity index (χ0n) is 11.2. The van der Waals surface area contributed by atoms with Crippen molar-refractivity contribution in [1.82, 2.24) is 20.1 Å². The molecule has 1 aromatic rings. The molecule has 20 heavy (non-hydrogen) atoms. The fourth-order valence-corrected chi connectivity index (χ4v) is 4.89. The van der Waals surface area contributed by atoms with Crippen molar-refractivity contribution < 1.29 is 13.2 Å². The van der Waals surface area contributed by atoms with Crippen molar-refractivity contribution in [1.29, 1.82) is 0 Å². The maximum atomic E-state index is 11.9. The minimum absolute atomic E-state index is 0.0305. The number of amides is 1. The van der Waals surface area contributed by atoms with Crippen LogP contribution in [0.1, 0.15) is 13.3 Å². The second-order valence-corrected chi connectivity index (χ2v) is 8.24. The van der Waals surface area contributed by atoms with E-state index < -0.39 is 15.4 Å². The summed E-state index contributed by atoms with van der Waals surface area (Å²) in [7, 11) is -1.50. The quantitative estimate of drug-likeness (QED) is 0.680. The Hall–Kier alpha value is -1.29. The summed E-state index contributed by atoms with van der Waals surface area (Å²) in [5.41, 5.74) is -1.05. The lowest BCUT2D eigenvalue weighted by Crippen LogP contribution is -2.47. The highest BCUT2D eigenvalue weighted by molar-refractivity contribution is 7.99. The van der Waals surface area contributed by atoms with Crippen LogP contribution in [0.3, 0.4) is 0 Å². The first-order valence-corrected chi connectivity index (χ1v) is 8.77. The van der Waals surface area contributed by atoms with Gasteiger partial charge >= 0.3 is 5.69 Å². The van der Waals surface area contributed by atoms with E-state index in [1.807, 2.05) is 0 Å². The number of hydrogen-bond donors (Lipinski definition) is 2. The van der Waals surface area contributed by atoms with E-state index >= 15 is 0 Å². The number of nitrogens with zero attached hydrogens (tertiary/aromatic N) is 2. The predicted octanol–water partition coefficient (Wildman–Crippen LogP) is -1.11. The van der Waals surface area contributed by atoms with E-state index in [1.54, 1.807) is 14.0 Å². The number of nitrogens with one attached hydrogen (secondary N) is 2. The van der Waals surface area contributed by atoms with Gasteiger partial charge in [0.1, 0.15) is 0 Å². The molecular formula is C10H16N4O4S2. The van der Waals surface area contributed by atoms with Gasteiger partial charge in [-0.25, -0.2) is 18.3 Å². The van der Waals surface area contributed by atoms with Gasteiger partial charge in [-0.15, -0.1) is 5.10 Å². The van der Waals surface area contributed by atoms with E-state index in [1.165, 1.54) is 4.57 Å². The molecule has 1 fully saturated rings. The summed E-state index contributed by atoms with van der Waals surface area (Å²) in [6.07, 6.45) is 0.423. The Morgan fingerprint density at radius 1 is 1.60 bits per heavy atom. The van der Waals surface area contributed by atoms with Gasteiger partial charge in [-0.05, 0) is 13.3 Å². The number of aromatic nitrogens is 3. The van der Waals surface area contributed by atoms with E-state index in [4.69, 9.17) is 0 Å². The molecule has 1 atom stereocenters. The molecule has 0 unspecified atom stereocenters. The first kappa shape index (κ1) is 15.1. The number of rotatable bonds is 4. The van der Waals surface area contributed by atoms with E-state index in [0.29, 0.717) is 11.6 Å². The molecule has 2 rings (SSSR count). The molecule has 1 amide bonds. The second-order valence-electron chi connectivity index (χ2n) is 5.11. The van der Waals surface area contributed by atoms with Gasteiger partial charge < -0.3 is 5.32 Å². The summed E-state index contributed by atoms with van der Waals surface area (Å²) in [6.45, 7) is 1.73. The van der Waals surface area contributed by atoms with Gasteiger partial charge in [0.05, 0.1) is 22.8 Å². The number of sulfone groups is 1. The van der Waals surface area contributed by atoms with E-state index in [0.717, 1.165) is 11.8 Å². The van der Waals surface area contributed by atoms with Gasteiger partial charge in [-0.3, -0.25) is 9.36 Å². The lowest BCUT2D eigenvalue weighted by molar-refractivity contribution is -0.120. The van der Waals surface area contributed by atoms with Crippen LogP contribution >= 0.6 is 11.8 Å². The van der Waals surface area contributed by atoms with E-state index in [-0.39, 0.29) is 28.9 Å². The van der Waals surface area contributed by atoms with Crippen molar-refractivity contribution in [3.63, 3.8) is 0 Å². The highest BCUT2D eigenvalue weighted by atomic mass is 32.2. The van der Waals surface area contributed by atoms with Crippen molar-refractivity contribution in [3.8, 4) is 0 Å². The average Bonchev–Trinajstić information content (AvgIpc) is 2.78. The standard InChI is InChI=1S/C10H16N4O4S2/c1-10(3-4-20(17,18)6-10)11-7(15)5-19-9-13-12-8(16)14(9)2/h3-6H2,1-2H3,(H,11,15)(H,12,16)/t10-/m1/s1. The summed E-state index contributed by atoms with van der Waals surface area (Å²) in [5.74, 6) is -0.124. The molecule has 2 N–H and O–H groups in total. The molecule has 1 aliphatic heterocycles. The molecule has 0 spiro atoms. The Morgan fingerprint density at radius 2 is 2.30 bits per heavy atom. The molecule has 0 radical (unpaired) electrons. The van der Waals surface area contributed by atoms with Gasteiger partial charge in [0.2, 0.25) is 5.91 Å². The van der Waals surface area contributed by atoms with Crippen LogP contribution in [0.25, 0.3) is 0 Å². The predicted molar refractivity (Wildman–Crippen MR) is 74.4 cm³/mol. The third-order valence-corrected chi connectivity index (χ3v) is 6.05. The average molecular weight is 320 g/mol. The normalized spacial score (nSPS) is 24.7. The largest absolute Gasteiger partial charge is 0.349 e. The molecule has 0 aliphatic carbocycles. The molecule has 1 saturated heterocycles. The summed E-state index contributed by atoms with van der Waals surface area (Å²) in [5, 5.41) is 9.20. The third kappa shape index (κ3) is 3.42. The van der Waals surface area contributed by atoms with Crippen LogP contribution in [0.2, 0.25) is 0 Å². The minimum atomic E-state index is -3.05. The van der Waals surface area contributed by atoms with Crippen LogP contribution in [-0.2, 0) is 21.7 Å². The Morgan fingerprint density at radius 3 is 2.80 bits per heavy atom. The van der Waals surface area contributed by atoms with E-state index in [9.17, 15) is 18.0 Å². The number of thioether (sulfide) groups is 1. The topological polar surface area (TPSA) is 114 Å². The monoisotopic (exact) mass is 320 g/mol. The fourth-order valence-electron chi connectivity index (χ4n) is 2.07. The van der Waals surface area contributed by atoms with Crippen molar-refractivity contribution in [2.45, 2.75) is 24.0 Å². The highest BCUT2D eigenvalue weighted by Crippen LogP contribution is 2.23. The van der Waals surface area contributed by atoms with Crippen molar-refractivity contribution in [3.05, 3.63) is 10.5 Å². The highest BCUT2D eigenvalue weighted by Gasteiger charge is 2.39. The van der Waals surface area contributed by atoms with Crippen molar-refractivity contribution in [2.24, 2.45) is 7.05 Å². The summed E-state index contributed by atoms with van der Waals surface area (Å²) in [4.78, 5) is 23.0. The Bertz CT molecular complexity index is 678. The van der Waals surface area contributed by atoms with Crippen LogP contribution in [0.5, 0.6) is 0 Å². The van der Waals surface area contributed by atoms with Crippen LogP contribution in [-0.4, -0.2) is 51.9 Å². The summed E-state index contributed by atoms with van der Waals surface area (Å²) < 4.78 is 24.2. The Labute approximate surface area is 120 Å². The molecule has 8 nitrogen and oxygen atoms in total. The van der Waals surface area contributed by atoms with Gasteiger partial charge in [-0.2, -0.15) is 0 Å². The van der Waals surface area contributed by atoms with Crippen LogP contribution < -0.4 is 11.0 Å². The van der Waals surface area contributed by atoms with Crippen LogP contribution in [0.15, 0.2) is 9.95 Å². The molecule has 0 saturated carbocycles. The van der Waals surface area contributed by atoms with Crippen molar-refractivity contribution >= 4 is 27.5 Å². The molecule has 0 aromatic carbocycles. The summed E-state index contributed by atoms with van der Waals surface area (Å²) in [6, 6.07) is 0. The zero-order valence-corrected chi connectivity index (χ0v) is 12.8. The SMILES string of the molecule is Cn1c(SCC(=O)N[C@]2(C)CCS(=O)(=O)C2)n[nH]c1=O. The van der Waals surface area contributed by atoms with Crippen LogP contribution in [0.4, 0.5) is 0 Å². The Balaban J connectivity index is 1.90. The number of carbonyl (C=O) groups excluding carboxylic acids is 1. The molecule has 1 aromatic heterocycles. The minimum Gasteiger partial charge on any atom is -0.349 e. The van der Waals surface area contributed by atoms with Crippen molar-refractivity contribution in [2.75, 3.05) is 17.3 Å². The maximum absolute atomic E-state index is 11.9. The number of aromatic amines is 1. The molecule has 112 valence electrons. The summed E-state index contributed by atoms with van der Waals surface area (Å²) >= 11 is 1.12. The molecule has 2 heterocycles. The number of carbonyl (C=O) groups is 1. The van der Waals surface area contributed by atoms with E-state index in [2.05, 4.69) is 15.5 Å². The first-order valence-electron chi connectivity index (χ1n) is 5.96. The first-order chi connectivity index (χ1) is 9.21. The van der Waals surface area contributed by atoms with Crippen LogP contribution in [0, 0.1) is 0 Å². The third-order valence-electron chi connectivity index (χ3n) is 3.12. The smallest absolute Gasteiger partial charge is 0.343 e. The Kier molecular flexibility index (Phi) is 3.96.